The Morgan fingerprint density at radius 1 is 1.17 bits per heavy atom. The van der Waals surface area contributed by atoms with Crippen LogP contribution in [0.3, 0.4) is 0 Å². The number of halogens is 1. The van der Waals surface area contributed by atoms with Gasteiger partial charge in [0, 0.05) is 13.1 Å². The first-order chi connectivity index (χ1) is 14.6. The second-order valence-corrected chi connectivity index (χ2v) is 7.22. The van der Waals surface area contributed by atoms with E-state index in [4.69, 9.17) is 0 Å². The van der Waals surface area contributed by atoms with Gasteiger partial charge in [0.25, 0.3) is 0 Å². The molecular formula is C21H21FN6O2. The normalized spacial score (nSPS) is 16.3. The molecule has 0 radical (unpaired) electrons. The fourth-order valence-corrected chi connectivity index (χ4v) is 3.47. The molecule has 1 aliphatic rings. The van der Waals surface area contributed by atoms with Crippen molar-refractivity contribution in [3.63, 3.8) is 0 Å². The Hall–Kier alpha value is -3.62. The molecule has 1 atom stereocenters. The number of anilines is 1. The molecule has 3 heterocycles. The largest absolute Gasteiger partial charge is 0.342 e. The lowest BCUT2D eigenvalue weighted by molar-refractivity contribution is -0.133. The van der Waals surface area contributed by atoms with Crippen molar-refractivity contribution >= 4 is 17.5 Å². The van der Waals surface area contributed by atoms with Crippen molar-refractivity contribution in [2.75, 3.05) is 18.4 Å². The van der Waals surface area contributed by atoms with E-state index in [0.717, 1.165) is 18.4 Å². The summed E-state index contributed by atoms with van der Waals surface area (Å²) in [6.07, 6.45) is 6.20. The predicted octanol–water partition coefficient (Wildman–Crippen LogP) is 2.22. The highest BCUT2D eigenvalue weighted by atomic mass is 19.1. The molecule has 1 aliphatic heterocycles. The van der Waals surface area contributed by atoms with Crippen molar-refractivity contribution in [3.05, 3.63) is 66.6 Å². The SMILES string of the molecule is O=C(Nc1ccc(-n2cncn2)nc1)[C@@H]1CCCN(C(=O)Cc2ccc(F)cc2)C1. The maximum atomic E-state index is 13.0. The number of rotatable bonds is 5. The quantitative estimate of drug-likeness (QED) is 0.699. The van der Waals surface area contributed by atoms with Crippen molar-refractivity contribution in [3.8, 4) is 5.82 Å². The third-order valence-corrected chi connectivity index (χ3v) is 5.08. The summed E-state index contributed by atoms with van der Waals surface area (Å²) < 4.78 is 14.6. The van der Waals surface area contributed by atoms with Crippen LogP contribution in [0.15, 0.2) is 55.2 Å². The maximum Gasteiger partial charge on any atom is 0.229 e. The minimum atomic E-state index is -0.329. The molecule has 1 fully saturated rings. The Bertz CT molecular complexity index is 1000. The third kappa shape index (κ3) is 4.68. The topological polar surface area (TPSA) is 93.0 Å². The first-order valence-electron chi connectivity index (χ1n) is 9.72. The zero-order valence-corrected chi connectivity index (χ0v) is 16.2. The lowest BCUT2D eigenvalue weighted by atomic mass is 9.96. The number of piperidine rings is 1. The highest BCUT2D eigenvalue weighted by molar-refractivity contribution is 5.93. The first-order valence-corrected chi connectivity index (χ1v) is 9.72. The highest BCUT2D eigenvalue weighted by Gasteiger charge is 2.28. The lowest BCUT2D eigenvalue weighted by Gasteiger charge is -2.32. The molecule has 1 saturated heterocycles. The Kier molecular flexibility index (Phi) is 5.78. The lowest BCUT2D eigenvalue weighted by Crippen LogP contribution is -2.44. The van der Waals surface area contributed by atoms with Gasteiger partial charge >= 0.3 is 0 Å². The Morgan fingerprint density at radius 3 is 2.70 bits per heavy atom. The summed E-state index contributed by atoms with van der Waals surface area (Å²) in [6.45, 7) is 0.994. The molecule has 0 aliphatic carbocycles. The van der Waals surface area contributed by atoms with Crippen molar-refractivity contribution in [2.24, 2.45) is 5.92 Å². The van der Waals surface area contributed by atoms with Gasteiger partial charge in [-0.1, -0.05) is 12.1 Å². The fourth-order valence-electron chi connectivity index (χ4n) is 3.47. The van der Waals surface area contributed by atoms with E-state index in [1.807, 2.05) is 0 Å². The number of pyridine rings is 1. The molecule has 2 aromatic heterocycles. The number of benzene rings is 1. The molecule has 3 aromatic rings. The van der Waals surface area contributed by atoms with Crippen molar-refractivity contribution in [1.82, 2.24) is 24.6 Å². The summed E-state index contributed by atoms with van der Waals surface area (Å²) in [5.74, 6) is -0.209. The van der Waals surface area contributed by atoms with Crippen LogP contribution in [0.5, 0.6) is 0 Å². The van der Waals surface area contributed by atoms with Crippen LogP contribution in [0.4, 0.5) is 10.1 Å². The molecular weight excluding hydrogens is 387 g/mol. The number of nitrogens with one attached hydrogen (secondary N) is 1. The molecule has 0 saturated carbocycles. The molecule has 0 spiro atoms. The van der Waals surface area contributed by atoms with E-state index in [-0.39, 0.29) is 30.0 Å². The average Bonchev–Trinajstić information content (AvgIpc) is 3.31. The second kappa shape index (κ2) is 8.81. The van der Waals surface area contributed by atoms with Gasteiger partial charge in [-0.25, -0.2) is 19.0 Å². The number of hydrogen-bond acceptors (Lipinski definition) is 5. The molecule has 1 N–H and O–H groups in total. The van der Waals surface area contributed by atoms with Gasteiger partial charge in [-0.05, 0) is 42.7 Å². The second-order valence-electron chi connectivity index (χ2n) is 7.22. The van der Waals surface area contributed by atoms with E-state index in [9.17, 15) is 14.0 Å². The first kappa shape index (κ1) is 19.7. The van der Waals surface area contributed by atoms with Crippen LogP contribution in [0.2, 0.25) is 0 Å². The van der Waals surface area contributed by atoms with Gasteiger partial charge in [0.05, 0.1) is 24.2 Å². The van der Waals surface area contributed by atoms with Crippen LogP contribution >= 0.6 is 0 Å². The van der Waals surface area contributed by atoms with E-state index >= 15 is 0 Å². The smallest absolute Gasteiger partial charge is 0.229 e. The van der Waals surface area contributed by atoms with Gasteiger partial charge in [-0.2, -0.15) is 5.10 Å². The van der Waals surface area contributed by atoms with Gasteiger partial charge in [0.15, 0.2) is 5.82 Å². The molecule has 8 nitrogen and oxygen atoms in total. The van der Waals surface area contributed by atoms with Gasteiger partial charge < -0.3 is 10.2 Å². The van der Waals surface area contributed by atoms with Crippen LogP contribution in [-0.4, -0.2) is 49.6 Å². The highest BCUT2D eigenvalue weighted by Crippen LogP contribution is 2.20. The number of carbonyl (C=O) groups is 2. The zero-order chi connectivity index (χ0) is 20.9. The summed E-state index contributed by atoms with van der Waals surface area (Å²) in [5, 5.41) is 6.88. The Labute approximate surface area is 172 Å². The number of hydrogen-bond donors (Lipinski definition) is 1. The molecule has 154 valence electrons. The van der Waals surface area contributed by atoms with E-state index in [1.54, 1.807) is 41.7 Å². The predicted molar refractivity (Wildman–Crippen MR) is 107 cm³/mol. The van der Waals surface area contributed by atoms with Crippen LogP contribution in [-0.2, 0) is 16.0 Å². The molecule has 9 heteroatoms. The molecule has 1 aromatic carbocycles. The summed E-state index contributed by atoms with van der Waals surface area (Å²) in [7, 11) is 0. The molecule has 2 amide bonds. The molecule has 4 rings (SSSR count). The minimum absolute atomic E-state index is 0.0574. The van der Waals surface area contributed by atoms with Crippen molar-refractivity contribution in [1.29, 1.82) is 0 Å². The van der Waals surface area contributed by atoms with E-state index in [1.165, 1.54) is 23.1 Å². The summed E-state index contributed by atoms with van der Waals surface area (Å²) >= 11 is 0. The van der Waals surface area contributed by atoms with Gasteiger partial charge in [-0.3, -0.25) is 9.59 Å². The molecule has 0 unspecified atom stereocenters. The number of carbonyl (C=O) groups excluding carboxylic acids is 2. The Balaban J connectivity index is 1.34. The van der Waals surface area contributed by atoms with Gasteiger partial charge in [-0.15, -0.1) is 0 Å². The van der Waals surface area contributed by atoms with Gasteiger partial charge in [0.2, 0.25) is 11.8 Å². The van der Waals surface area contributed by atoms with E-state index in [0.29, 0.717) is 24.6 Å². The van der Waals surface area contributed by atoms with Crippen LogP contribution in [0.25, 0.3) is 5.82 Å². The molecule has 30 heavy (non-hydrogen) atoms. The van der Waals surface area contributed by atoms with Gasteiger partial charge in [0.1, 0.15) is 18.5 Å². The molecule has 0 bridgehead atoms. The van der Waals surface area contributed by atoms with Crippen molar-refractivity contribution < 1.29 is 14.0 Å². The van der Waals surface area contributed by atoms with Crippen molar-refractivity contribution in [2.45, 2.75) is 19.3 Å². The Morgan fingerprint density at radius 2 is 2.00 bits per heavy atom. The van der Waals surface area contributed by atoms with Crippen LogP contribution in [0.1, 0.15) is 18.4 Å². The standard InChI is InChI=1S/C21H21FN6O2/c22-17-5-3-15(4-6-17)10-20(29)27-9-1-2-16(12-27)21(30)26-18-7-8-19(24-11-18)28-14-23-13-25-28/h3-8,11,13-14,16H,1-2,9-10,12H2,(H,26,30)/t16-/m1/s1. The average molecular weight is 408 g/mol. The summed E-state index contributed by atoms with van der Waals surface area (Å²) in [5.41, 5.74) is 1.34. The summed E-state index contributed by atoms with van der Waals surface area (Å²) in [6, 6.07) is 9.40. The van der Waals surface area contributed by atoms with Crippen LogP contribution < -0.4 is 5.32 Å². The number of nitrogens with zero attached hydrogens (tertiary/aromatic N) is 5. The van der Waals surface area contributed by atoms with E-state index < -0.39 is 0 Å². The number of likely N-dealkylation sites (tertiary alicyclic amines) is 1. The fraction of sp³-hybridized carbons (Fsp3) is 0.286. The van der Waals surface area contributed by atoms with Crippen LogP contribution in [0, 0.1) is 11.7 Å². The monoisotopic (exact) mass is 408 g/mol. The number of aromatic nitrogens is 4. The number of amides is 2. The van der Waals surface area contributed by atoms with E-state index in [2.05, 4.69) is 20.4 Å². The summed E-state index contributed by atoms with van der Waals surface area (Å²) in [4.78, 5) is 35.2. The maximum absolute atomic E-state index is 13.0. The zero-order valence-electron chi connectivity index (χ0n) is 16.2. The minimum Gasteiger partial charge on any atom is -0.342 e. The third-order valence-electron chi connectivity index (χ3n) is 5.08.